The Hall–Kier alpha value is -5.59. The molecule has 7 rings (SSSR count). The molecule has 0 aliphatic carbocycles. The van der Waals surface area contributed by atoms with Crippen molar-refractivity contribution in [3.8, 4) is 28.1 Å². The number of ether oxygens (including phenoxy) is 2. The largest absolute Gasteiger partial charge is 0.508 e. The fraction of sp³-hybridized carbons (Fsp3) is 0.400. The number of phenols is 1. The summed E-state index contributed by atoms with van der Waals surface area (Å²) in [6.07, 6.45) is 7.33. The number of hydrazine groups is 1. The standard InChI is InChI=1S/C45H52N6O6/c1-6-50-39-13-12-31-25-35(39)36(42(50)34-9-7-17-47-41(34)28(2)56-5)26-45(3,4)27-57-44(55)37-10-8-20-51(49-37)43(54)38(23-30-21-32(31)24-33(52)22-30)48-40(53)14-11-29-15-18-46-19-16-29/h7,9,12-13,15-19,21-22,24-25,28,37-38,49,52H,6,8,10-11,14,20,23,26-27H2,1-5H3,(H,48,53)/t28-,37-,38-/m0/s1. The van der Waals surface area contributed by atoms with E-state index in [1.807, 2.05) is 31.2 Å². The topological polar surface area (TPSA) is 148 Å². The van der Waals surface area contributed by atoms with Gasteiger partial charge < -0.3 is 24.5 Å². The predicted octanol–water partition coefficient (Wildman–Crippen LogP) is 6.48. The molecule has 0 radical (unpaired) electrons. The summed E-state index contributed by atoms with van der Waals surface area (Å²) in [7, 11) is 1.68. The number of carbonyl (C=O) groups is 3. The van der Waals surface area contributed by atoms with Crippen molar-refractivity contribution in [1.82, 2.24) is 30.3 Å². The molecule has 2 aromatic carbocycles. The van der Waals surface area contributed by atoms with Crippen LogP contribution in [0.4, 0.5) is 0 Å². The number of benzene rings is 2. The van der Waals surface area contributed by atoms with E-state index in [1.165, 1.54) is 5.01 Å². The van der Waals surface area contributed by atoms with Gasteiger partial charge in [-0.3, -0.25) is 29.4 Å². The van der Waals surface area contributed by atoms with Gasteiger partial charge >= 0.3 is 5.97 Å². The zero-order valence-electron chi connectivity index (χ0n) is 33.4. The Morgan fingerprint density at radius 3 is 2.67 bits per heavy atom. The third-order valence-electron chi connectivity index (χ3n) is 11.1. The number of pyridine rings is 2. The van der Waals surface area contributed by atoms with Crippen molar-refractivity contribution in [2.45, 2.75) is 91.0 Å². The van der Waals surface area contributed by atoms with Crippen molar-refractivity contribution in [1.29, 1.82) is 0 Å². The van der Waals surface area contributed by atoms with Crippen LogP contribution >= 0.6 is 0 Å². The second-order valence-electron chi connectivity index (χ2n) is 15.9. The number of aromatic hydroxyl groups is 1. The zero-order chi connectivity index (χ0) is 40.3. The lowest BCUT2D eigenvalue weighted by atomic mass is 9.84. The van der Waals surface area contributed by atoms with Gasteiger partial charge in [-0.1, -0.05) is 26.0 Å². The summed E-state index contributed by atoms with van der Waals surface area (Å²) < 4.78 is 14.2. The number of phenolic OH excluding ortho intramolecular Hbond substituents is 1. The number of methoxy groups -OCH3 is 1. The maximum atomic E-state index is 14.3. The molecule has 12 nitrogen and oxygen atoms in total. The zero-order valence-corrected chi connectivity index (χ0v) is 33.4. The molecule has 6 bridgehead atoms. The smallest absolute Gasteiger partial charge is 0.324 e. The number of nitrogens with one attached hydrogen (secondary N) is 2. The molecule has 0 unspecified atom stereocenters. The van der Waals surface area contributed by atoms with Crippen molar-refractivity contribution in [3.05, 3.63) is 102 Å². The first-order chi connectivity index (χ1) is 27.4. The quantitative estimate of drug-likeness (QED) is 0.151. The van der Waals surface area contributed by atoms with Crippen molar-refractivity contribution < 1.29 is 29.0 Å². The predicted molar refractivity (Wildman–Crippen MR) is 218 cm³/mol. The number of cyclic esters (lactones) is 1. The fourth-order valence-corrected chi connectivity index (χ4v) is 8.14. The maximum absolute atomic E-state index is 14.3. The molecule has 3 atom stereocenters. The van der Waals surface area contributed by atoms with Crippen LogP contribution in [0.2, 0.25) is 0 Å². The first-order valence-electron chi connectivity index (χ1n) is 19.8. The molecule has 5 aromatic rings. The van der Waals surface area contributed by atoms with Crippen LogP contribution in [0.5, 0.6) is 5.75 Å². The fourth-order valence-electron chi connectivity index (χ4n) is 8.14. The lowest BCUT2D eigenvalue weighted by Crippen LogP contribution is -2.60. The van der Waals surface area contributed by atoms with Crippen LogP contribution in [0.15, 0.2) is 79.3 Å². The van der Waals surface area contributed by atoms with Gasteiger partial charge in [-0.25, -0.2) is 5.43 Å². The number of hydrogen-bond acceptors (Lipinski definition) is 9. The monoisotopic (exact) mass is 772 g/mol. The molecular weight excluding hydrogens is 721 g/mol. The summed E-state index contributed by atoms with van der Waals surface area (Å²) in [5, 5.41) is 16.6. The van der Waals surface area contributed by atoms with Gasteiger partial charge in [0.25, 0.3) is 5.91 Å². The minimum atomic E-state index is -0.969. The third-order valence-corrected chi connectivity index (χ3v) is 11.1. The molecule has 1 saturated heterocycles. The minimum Gasteiger partial charge on any atom is -0.508 e. The number of amides is 2. The number of hydrogen-bond donors (Lipinski definition) is 3. The molecule has 298 valence electrons. The van der Waals surface area contributed by atoms with E-state index in [0.717, 1.165) is 50.1 Å². The van der Waals surface area contributed by atoms with Crippen molar-refractivity contribution >= 4 is 28.7 Å². The van der Waals surface area contributed by atoms with Crippen LogP contribution in [-0.4, -0.2) is 74.8 Å². The molecule has 5 heterocycles. The molecule has 2 aliphatic heterocycles. The van der Waals surface area contributed by atoms with Crippen LogP contribution in [0.25, 0.3) is 33.3 Å². The van der Waals surface area contributed by atoms with Crippen molar-refractivity contribution in [2.75, 3.05) is 20.3 Å². The van der Waals surface area contributed by atoms with Gasteiger partial charge in [0.05, 0.1) is 24.1 Å². The number of carbonyl (C=O) groups excluding carboxylic acids is 3. The van der Waals surface area contributed by atoms with Crippen LogP contribution in [0.1, 0.15) is 75.4 Å². The summed E-state index contributed by atoms with van der Waals surface area (Å²) >= 11 is 0. The first kappa shape index (κ1) is 39.6. The summed E-state index contributed by atoms with van der Waals surface area (Å²) in [5.41, 5.74) is 10.9. The van der Waals surface area contributed by atoms with Crippen LogP contribution < -0.4 is 10.7 Å². The van der Waals surface area contributed by atoms with E-state index in [1.54, 1.807) is 37.8 Å². The Morgan fingerprint density at radius 1 is 1.09 bits per heavy atom. The number of esters is 1. The normalized spacial score (nSPS) is 19.1. The highest BCUT2D eigenvalue weighted by Crippen LogP contribution is 2.42. The number of aryl methyl sites for hydroxylation is 2. The van der Waals surface area contributed by atoms with Crippen molar-refractivity contribution in [2.24, 2.45) is 5.41 Å². The Kier molecular flexibility index (Phi) is 11.7. The van der Waals surface area contributed by atoms with E-state index in [9.17, 15) is 19.5 Å². The Bertz CT molecular complexity index is 2270. The van der Waals surface area contributed by atoms with Crippen LogP contribution in [0.3, 0.4) is 0 Å². The number of fused-ring (bicyclic) bond motifs is 6. The van der Waals surface area contributed by atoms with E-state index >= 15 is 0 Å². The van der Waals surface area contributed by atoms with Crippen molar-refractivity contribution in [3.63, 3.8) is 0 Å². The SMILES string of the molecule is CCn1c(-c2cccnc2[C@H](C)OC)c2c3cc(ccc31)-c1cc(O)cc(c1)C[C@H](NC(=O)CCc1ccncc1)C(=O)N1CCC[C@H](N1)C(=O)OCC(C)(C)C2. The van der Waals surface area contributed by atoms with Gasteiger partial charge in [0.2, 0.25) is 5.91 Å². The average molecular weight is 773 g/mol. The Morgan fingerprint density at radius 2 is 1.89 bits per heavy atom. The van der Waals surface area contributed by atoms with E-state index in [-0.39, 0.29) is 43.1 Å². The number of nitrogens with zero attached hydrogens (tertiary/aromatic N) is 4. The Balaban J connectivity index is 1.35. The summed E-state index contributed by atoms with van der Waals surface area (Å²) in [6, 6.07) is 17.7. The maximum Gasteiger partial charge on any atom is 0.324 e. The second-order valence-corrected chi connectivity index (χ2v) is 15.9. The molecule has 0 saturated carbocycles. The van der Waals surface area contributed by atoms with Crippen LogP contribution in [0, 0.1) is 5.41 Å². The third kappa shape index (κ3) is 8.72. The minimum absolute atomic E-state index is 0.0489. The molecule has 1 fully saturated rings. The van der Waals surface area contributed by atoms with E-state index in [0.29, 0.717) is 44.3 Å². The Labute approximate surface area is 333 Å². The summed E-state index contributed by atoms with van der Waals surface area (Å²) in [6.45, 7) is 9.51. The average Bonchev–Trinajstić information content (AvgIpc) is 3.52. The highest BCUT2D eigenvalue weighted by molar-refractivity contribution is 5.95. The second kappa shape index (κ2) is 16.9. The highest BCUT2D eigenvalue weighted by Gasteiger charge is 2.35. The molecule has 3 N–H and O–H groups in total. The lowest BCUT2D eigenvalue weighted by molar-refractivity contribution is -0.155. The van der Waals surface area contributed by atoms with E-state index in [4.69, 9.17) is 14.5 Å². The highest BCUT2D eigenvalue weighted by atomic mass is 16.5. The molecule has 57 heavy (non-hydrogen) atoms. The molecule has 2 amide bonds. The van der Waals surface area contributed by atoms with E-state index < -0.39 is 23.5 Å². The molecule has 0 spiro atoms. The summed E-state index contributed by atoms with van der Waals surface area (Å²) in [4.78, 5) is 50.2. The van der Waals surface area contributed by atoms with Gasteiger partial charge in [0.15, 0.2) is 0 Å². The first-order valence-corrected chi connectivity index (χ1v) is 19.8. The molecule has 2 aliphatic rings. The van der Waals surface area contributed by atoms with Gasteiger partial charge in [-0.2, -0.15) is 0 Å². The van der Waals surface area contributed by atoms with Gasteiger partial charge in [-0.05, 0) is 116 Å². The molecule has 3 aromatic heterocycles. The van der Waals surface area contributed by atoms with Gasteiger partial charge in [-0.15, -0.1) is 0 Å². The van der Waals surface area contributed by atoms with Gasteiger partial charge in [0.1, 0.15) is 17.8 Å². The molecule has 12 heteroatoms. The number of aromatic nitrogens is 3. The van der Waals surface area contributed by atoms with Gasteiger partial charge in [0, 0.05) is 73.5 Å². The van der Waals surface area contributed by atoms with E-state index in [2.05, 4.69) is 65.3 Å². The summed E-state index contributed by atoms with van der Waals surface area (Å²) in [5.74, 6) is -1.03. The molecular formula is C45H52N6O6. The number of rotatable bonds is 8. The van der Waals surface area contributed by atoms with Crippen LogP contribution in [-0.2, 0) is 49.7 Å². The lowest BCUT2D eigenvalue weighted by Gasteiger charge is -2.35.